The van der Waals surface area contributed by atoms with E-state index in [1.807, 2.05) is 18.2 Å². The van der Waals surface area contributed by atoms with Crippen molar-refractivity contribution in [2.45, 2.75) is 38.6 Å². The van der Waals surface area contributed by atoms with Gasteiger partial charge in [-0.05, 0) is 78.1 Å². The van der Waals surface area contributed by atoms with Crippen LogP contribution in [0.1, 0.15) is 69.5 Å². The maximum absolute atomic E-state index is 12.8. The van der Waals surface area contributed by atoms with E-state index in [0.717, 1.165) is 31.5 Å². The number of benzene rings is 3. The smallest absolute Gasteiger partial charge is 0.338 e. The fourth-order valence-corrected chi connectivity index (χ4v) is 5.11. The lowest BCUT2D eigenvalue weighted by Crippen LogP contribution is -2.29. The maximum Gasteiger partial charge on any atom is 0.338 e. The molecule has 0 aromatic heterocycles. The third-order valence-electron chi connectivity index (χ3n) is 6.89. The lowest BCUT2D eigenvalue weighted by molar-refractivity contribution is -0.146. The molecular formula is C31H33BrN2O5. The van der Waals surface area contributed by atoms with Crippen LogP contribution in [0.5, 0.6) is 0 Å². The van der Waals surface area contributed by atoms with Gasteiger partial charge in [-0.25, -0.2) is 4.79 Å². The number of rotatable bonds is 10. The van der Waals surface area contributed by atoms with Crippen molar-refractivity contribution in [1.29, 1.82) is 0 Å². The summed E-state index contributed by atoms with van der Waals surface area (Å²) in [5.74, 6) is -1.67. The molecule has 0 bridgehead atoms. The molecule has 204 valence electrons. The number of likely N-dealkylation sites (tertiary alicyclic amines) is 1. The number of ketones is 1. The van der Waals surface area contributed by atoms with Crippen LogP contribution in [0.3, 0.4) is 0 Å². The Hall–Kier alpha value is -3.49. The highest BCUT2D eigenvalue weighted by molar-refractivity contribution is 9.10. The van der Waals surface area contributed by atoms with E-state index in [9.17, 15) is 14.4 Å². The average Bonchev–Trinajstić information content (AvgIpc) is 2.97. The van der Waals surface area contributed by atoms with Gasteiger partial charge in [0.25, 0.3) is 0 Å². The third kappa shape index (κ3) is 7.55. The predicted molar refractivity (Wildman–Crippen MR) is 154 cm³/mol. The molecule has 8 heteroatoms. The van der Waals surface area contributed by atoms with E-state index in [2.05, 4.69) is 20.8 Å². The first-order chi connectivity index (χ1) is 18.8. The average molecular weight is 594 g/mol. The highest BCUT2D eigenvalue weighted by Crippen LogP contribution is 2.28. The molecule has 0 spiro atoms. The fourth-order valence-electron chi connectivity index (χ4n) is 4.61. The van der Waals surface area contributed by atoms with E-state index in [-0.39, 0.29) is 19.0 Å². The van der Waals surface area contributed by atoms with Gasteiger partial charge in [-0.1, -0.05) is 55.0 Å². The second kappa shape index (κ2) is 13.5. The monoisotopic (exact) mass is 592 g/mol. The lowest BCUT2D eigenvalue weighted by Gasteiger charge is -2.27. The predicted octanol–water partition coefficient (Wildman–Crippen LogP) is 5.75. The summed E-state index contributed by atoms with van der Waals surface area (Å²) in [6.45, 7) is 4.28. The molecular weight excluding hydrogens is 560 g/mol. The van der Waals surface area contributed by atoms with Crippen LogP contribution in [0.15, 0.2) is 71.2 Å². The minimum atomic E-state index is -0.588. The van der Waals surface area contributed by atoms with Crippen molar-refractivity contribution in [3.63, 3.8) is 0 Å². The quantitative estimate of drug-likeness (QED) is 0.138. The van der Waals surface area contributed by atoms with Gasteiger partial charge in [0.15, 0.2) is 5.78 Å². The summed E-state index contributed by atoms with van der Waals surface area (Å²) in [4.78, 5) is 40.5. The van der Waals surface area contributed by atoms with E-state index in [1.54, 1.807) is 55.5 Å². The Kier molecular flexibility index (Phi) is 9.90. The Morgan fingerprint density at radius 2 is 1.56 bits per heavy atom. The largest absolute Gasteiger partial charge is 0.462 e. The second-order valence-corrected chi connectivity index (χ2v) is 10.6. The van der Waals surface area contributed by atoms with Crippen molar-refractivity contribution in [1.82, 2.24) is 4.90 Å². The summed E-state index contributed by atoms with van der Waals surface area (Å²) in [7, 11) is 0. The van der Waals surface area contributed by atoms with Crippen molar-refractivity contribution < 1.29 is 23.9 Å². The van der Waals surface area contributed by atoms with E-state index in [1.165, 1.54) is 6.42 Å². The van der Waals surface area contributed by atoms with E-state index >= 15 is 0 Å². The summed E-state index contributed by atoms with van der Waals surface area (Å²) in [5.41, 5.74) is 9.90. The Bertz CT molecular complexity index is 1320. The molecule has 1 unspecified atom stereocenters. The van der Waals surface area contributed by atoms with Crippen LogP contribution >= 0.6 is 15.9 Å². The Morgan fingerprint density at radius 1 is 0.872 bits per heavy atom. The lowest BCUT2D eigenvalue weighted by atomic mass is 9.96. The van der Waals surface area contributed by atoms with Gasteiger partial charge >= 0.3 is 11.9 Å². The SMILES string of the molecule is CC(C(=O)OCCOC(=O)c1cc(Br)c(N)c(CN2CCCCC2)c1)c1cccc(C(=O)c2ccccc2)c1. The van der Waals surface area contributed by atoms with Crippen LogP contribution in [0.4, 0.5) is 5.69 Å². The molecule has 0 saturated carbocycles. The molecule has 1 fully saturated rings. The highest BCUT2D eigenvalue weighted by atomic mass is 79.9. The van der Waals surface area contributed by atoms with E-state index in [4.69, 9.17) is 15.2 Å². The number of ether oxygens (including phenoxy) is 2. The van der Waals surface area contributed by atoms with Gasteiger partial charge in [0.1, 0.15) is 13.2 Å². The molecule has 1 aliphatic rings. The number of halogens is 1. The first kappa shape index (κ1) is 28.5. The minimum absolute atomic E-state index is 0.0751. The number of nitrogens with zero attached hydrogens (tertiary/aromatic N) is 1. The summed E-state index contributed by atoms with van der Waals surface area (Å²) in [5, 5.41) is 0. The van der Waals surface area contributed by atoms with Gasteiger partial charge in [0, 0.05) is 22.1 Å². The number of hydrogen-bond acceptors (Lipinski definition) is 7. The molecule has 1 saturated heterocycles. The highest BCUT2D eigenvalue weighted by Gasteiger charge is 2.20. The van der Waals surface area contributed by atoms with Crippen LogP contribution in [-0.4, -0.2) is 48.9 Å². The molecule has 7 nitrogen and oxygen atoms in total. The number of anilines is 1. The van der Waals surface area contributed by atoms with Crippen molar-refractivity contribution in [3.05, 3.63) is 99.0 Å². The summed E-state index contributed by atoms with van der Waals surface area (Å²) in [6, 6.07) is 19.4. The number of carbonyl (C=O) groups is 3. The molecule has 0 radical (unpaired) electrons. The van der Waals surface area contributed by atoms with Gasteiger partial charge < -0.3 is 15.2 Å². The van der Waals surface area contributed by atoms with Crippen molar-refractivity contribution in [2.75, 3.05) is 32.0 Å². The van der Waals surface area contributed by atoms with Crippen molar-refractivity contribution in [3.8, 4) is 0 Å². The zero-order chi connectivity index (χ0) is 27.8. The Balaban J connectivity index is 1.29. The number of piperidine rings is 1. The zero-order valence-electron chi connectivity index (χ0n) is 22.0. The molecule has 1 heterocycles. The van der Waals surface area contributed by atoms with Gasteiger partial charge in [-0.3, -0.25) is 14.5 Å². The Morgan fingerprint density at radius 3 is 2.31 bits per heavy atom. The molecule has 3 aromatic carbocycles. The number of esters is 2. The van der Waals surface area contributed by atoms with Gasteiger partial charge in [-0.15, -0.1) is 0 Å². The van der Waals surface area contributed by atoms with Crippen LogP contribution in [0, 0.1) is 0 Å². The molecule has 0 amide bonds. The Labute approximate surface area is 237 Å². The second-order valence-electron chi connectivity index (χ2n) is 9.71. The molecule has 0 aliphatic carbocycles. The molecule has 1 atom stereocenters. The number of carbonyl (C=O) groups excluding carboxylic acids is 3. The summed E-state index contributed by atoms with van der Waals surface area (Å²) < 4.78 is 11.4. The van der Waals surface area contributed by atoms with Crippen LogP contribution in [0.25, 0.3) is 0 Å². The van der Waals surface area contributed by atoms with E-state index < -0.39 is 17.9 Å². The molecule has 4 rings (SSSR count). The number of nitrogens with two attached hydrogens (primary N) is 1. The molecule has 39 heavy (non-hydrogen) atoms. The van der Waals surface area contributed by atoms with Crippen LogP contribution < -0.4 is 5.73 Å². The van der Waals surface area contributed by atoms with Crippen molar-refractivity contribution >= 4 is 39.3 Å². The third-order valence-corrected chi connectivity index (χ3v) is 7.55. The minimum Gasteiger partial charge on any atom is -0.462 e. The topological polar surface area (TPSA) is 98.9 Å². The molecule has 2 N–H and O–H groups in total. The number of nitrogen functional groups attached to an aromatic ring is 1. The first-order valence-electron chi connectivity index (χ1n) is 13.2. The maximum atomic E-state index is 12.8. The van der Waals surface area contributed by atoms with Gasteiger partial charge in [-0.2, -0.15) is 0 Å². The first-order valence-corrected chi connectivity index (χ1v) is 14.0. The van der Waals surface area contributed by atoms with Gasteiger partial charge in [0.2, 0.25) is 0 Å². The summed E-state index contributed by atoms with van der Waals surface area (Å²) >= 11 is 3.45. The fraction of sp³-hybridized carbons (Fsp3) is 0.323. The molecule has 3 aromatic rings. The van der Waals surface area contributed by atoms with Gasteiger partial charge in [0.05, 0.1) is 17.2 Å². The van der Waals surface area contributed by atoms with E-state index in [0.29, 0.717) is 39.0 Å². The summed E-state index contributed by atoms with van der Waals surface area (Å²) in [6.07, 6.45) is 3.57. The normalized spacial score (nSPS) is 14.4. The number of hydrogen-bond donors (Lipinski definition) is 1. The zero-order valence-corrected chi connectivity index (χ0v) is 23.6. The van der Waals surface area contributed by atoms with Crippen molar-refractivity contribution in [2.24, 2.45) is 0 Å². The standard InChI is InChI=1S/C31H33BrN2O5/c1-21(23-11-8-12-24(17-23)29(35)22-9-4-2-5-10-22)30(36)38-15-16-39-31(37)25-18-26(28(33)27(32)19-25)20-34-13-6-3-7-14-34/h2,4-5,8-12,17-19,21H,3,6-7,13-16,20,33H2,1H3. The van der Waals surface area contributed by atoms with Crippen LogP contribution in [0.2, 0.25) is 0 Å². The van der Waals surface area contributed by atoms with Crippen LogP contribution in [-0.2, 0) is 20.8 Å². The molecule has 1 aliphatic heterocycles.